The van der Waals surface area contributed by atoms with Gasteiger partial charge in [0, 0.05) is 0 Å². The molecule has 0 aromatic carbocycles. The van der Waals surface area contributed by atoms with Crippen LogP contribution in [0.25, 0.3) is 0 Å². The summed E-state index contributed by atoms with van der Waals surface area (Å²) in [5.74, 6) is 0.00495. The van der Waals surface area contributed by atoms with Crippen LogP contribution in [0.15, 0.2) is 0 Å². The van der Waals surface area contributed by atoms with E-state index in [0.717, 1.165) is 0 Å². The van der Waals surface area contributed by atoms with Crippen molar-refractivity contribution in [2.24, 2.45) is 0 Å². The minimum absolute atomic E-state index is 0.00495. The number of unbranched alkanes of at least 4 members (excludes halogenated alkanes) is 3. The predicted octanol–water partition coefficient (Wildman–Crippen LogP) is 5.81. The SMILES string of the molecule is CCCCP(Br)(CCCC)(CCCC)CC(=O)OCC. The van der Waals surface area contributed by atoms with Gasteiger partial charge in [0.05, 0.1) is 0 Å². The predicted molar refractivity (Wildman–Crippen MR) is 96.7 cm³/mol. The fraction of sp³-hybridized carbons (Fsp3) is 0.938. The molecule has 0 bridgehead atoms. The number of hydrogen-bond donors (Lipinski definition) is 0. The summed E-state index contributed by atoms with van der Waals surface area (Å²) in [7, 11) is 0. The average Bonchev–Trinajstić information content (AvgIpc) is 2.42. The molecular weight excluding hydrogens is 335 g/mol. The van der Waals surface area contributed by atoms with Gasteiger partial charge in [-0.25, -0.2) is 0 Å². The van der Waals surface area contributed by atoms with Gasteiger partial charge in [0.2, 0.25) is 0 Å². The number of esters is 1. The van der Waals surface area contributed by atoms with E-state index in [-0.39, 0.29) is 5.97 Å². The topological polar surface area (TPSA) is 26.3 Å². The van der Waals surface area contributed by atoms with Crippen LogP contribution in [0.2, 0.25) is 0 Å². The van der Waals surface area contributed by atoms with Crippen LogP contribution in [0.3, 0.4) is 0 Å². The van der Waals surface area contributed by atoms with Gasteiger partial charge in [-0.3, -0.25) is 0 Å². The van der Waals surface area contributed by atoms with Crippen LogP contribution in [0.4, 0.5) is 0 Å². The maximum absolute atomic E-state index is 12.1. The van der Waals surface area contributed by atoms with Crippen LogP contribution in [0.1, 0.15) is 66.2 Å². The van der Waals surface area contributed by atoms with Crippen molar-refractivity contribution in [3.63, 3.8) is 0 Å². The molecule has 0 aliphatic heterocycles. The summed E-state index contributed by atoms with van der Waals surface area (Å²) < 4.78 is 5.27. The number of rotatable bonds is 12. The van der Waals surface area contributed by atoms with Crippen molar-refractivity contribution in [3.8, 4) is 0 Å². The van der Waals surface area contributed by atoms with E-state index < -0.39 is 5.31 Å². The molecule has 0 aliphatic rings. The van der Waals surface area contributed by atoms with Crippen molar-refractivity contribution >= 4 is 26.8 Å². The number of halogens is 1. The second-order valence-corrected chi connectivity index (χ2v) is 17.3. The number of ether oxygens (including phenoxy) is 1. The van der Waals surface area contributed by atoms with Gasteiger partial charge < -0.3 is 0 Å². The van der Waals surface area contributed by atoms with Gasteiger partial charge in [0.15, 0.2) is 0 Å². The van der Waals surface area contributed by atoms with Crippen LogP contribution in [-0.2, 0) is 9.53 Å². The Kier molecular flexibility index (Phi) is 10.4. The van der Waals surface area contributed by atoms with Crippen molar-refractivity contribution in [3.05, 3.63) is 0 Å². The van der Waals surface area contributed by atoms with Crippen molar-refractivity contribution in [2.45, 2.75) is 66.2 Å². The van der Waals surface area contributed by atoms with Crippen molar-refractivity contribution in [1.29, 1.82) is 0 Å². The Bertz CT molecular complexity index is 257. The molecule has 0 unspecified atom stereocenters. The first-order valence-electron chi connectivity index (χ1n) is 8.31. The zero-order valence-corrected chi connectivity index (χ0v) is 16.4. The van der Waals surface area contributed by atoms with Gasteiger partial charge in [-0.2, -0.15) is 0 Å². The van der Waals surface area contributed by atoms with Crippen LogP contribution < -0.4 is 0 Å². The molecule has 0 fully saturated rings. The van der Waals surface area contributed by atoms with Gasteiger partial charge >= 0.3 is 134 Å². The molecule has 0 aliphatic carbocycles. The molecule has 4 heteroatoms. The summed E-state index contributed by atoms with van der Waals surface area (Å²) in [6.45, 7) is 9.09. The summed E-state index contributed by atoms with van der Waals surface area (Å²) >= 11 is 4.20. The second-order valence-electron chi connectivity index (χ2n) is 6.01. The Labute approximate surface area is 134 Å². The van der Waals surface area contributed by atoms with E-state index in [1.54, 1.807) is 0 Å². The molecule has 0 saturated carbocycles. The van der Waals surface area contributed by atoms with E-state index in [4.69, 9.17) is 4.74 Å². The zero-order chi connectivity index (χ0) is 15.5. The van der Waals surface area contributed by atoms with E-state index >= 15 is 0 Å². The molecule has 2 nitrogen and oxygen atoms in total. The summed E-state index contributed by atoms with van der Waals surface area (Å²) in [5, 5.41) is -2.11. The molecule has 0 amide bonds. The van der Waals surface area contributed by atoms with Crippen LogP contribution >= 0.6 is 20.8 Å². The molecule has 0 rings (SSSR count). The Morgan fingerprint density at radius 3 is 1.60 bits per heavy atom. The van der Waals surface area contributed by atoms with Gasteiger partial charge in [-0.1, -0.05) is 0 Å². The Balaban J connectivity index is 5.10. The minimum atomic E-state index is -2.11. The summed E-state index contributed by atoms with van der Waals surface area (Å²) in [6.07, 6.45) is 11.5. The quantitative estimate of drug-likeness (QED) is 0.320. The first-order chi connectivity index (χ1) is 9.43. The molecule has 0 atom stereocenters. The third kappa shape index (κ3) is 7.41. The monoisotopic (exact) mass is 368 g/mol. The normalized spacial score (nSPS) is 13.8. The maximum atomic E-state index is 12.1. The van der Waals surface area contributed by atoms with Gasteiger partial charge in [-0.15, -0.1) is 0 Å². The van der Waals surface area contributed by atoms with Crippen molar-refractivity contribution in [1.82, 2.24) is 0 Å². The molecule has 20 heavy (non-hydrogen) atoms. The molecule has 122 valence electrons. The molecule has 0 saturated heterocycles. The van der Waals surface area contributed by atoms with E-state index in [2.05, 4.69) is 36.3 Å². The summed E-state index contributed by atoms with van der Waals surface area (Å²) in [6, 6.07) is 0. The molecule has 0 radical (unpaired) electrons. The Morgan fingerprint density at radius 2 is 1.30 bits per heavy atom. The van der Waals surface area contributed by atoms with Crippen LogP contribution in [0, 0.1) is 0 Å². The van der Waals surface area contributed by atoms with Gasteiger partial charge in [0.1, 0.15) is 0 Å². The van der Waals surface area contributed by atoms with E-state index in [1.165, 1.54) is 57.0 Å². The molecular formula is C16H34BrO2P. The fourth-order valence-corrected chi connectivity index (χ4v) is 10.8. The standard InChI is InChI=1S/C16H34BrO2P/c1-5-9-12-20(17,13-10-6-2,14-11-7-3)15-16(18)19-8-4/h5-15H2,1-4H3. The van der Waals surface area contributed by atoms with Gasteiger partial charge in [0.25, 0.3) is 0 Å². The van der Waals surface area contributed by atoms with Crippen LogP contribution in [-0.4, -0.2) is 37.2 Å². The molecule has 0 spiro atoms. The molecule has 0 aromatic rings. The first-order valence-corrected chi connectivity index (χ1v) is 13.3. The third-order valence-electron chi connectivity index (χ3n) is 4.04. The zero-order valence-electron chi connectivity index (χ0n) is 13.9. The Hall–Kier alpha value is 0.380. The van der Waals surface area contributed by atoms with Crippen molar-refractivity contribution < 1.29 is 9.53 Å². The van der Waals surface area contributed by atoms with Gasteiger partial charge in [-0.05, 0) is 0 Å². The third-order valence-corrected chi connectivity index (χ3v) is 13.3. The van der Waals surface area contributed by atoms with E-state index in [1.807, 2.05) is 6.92 Å². The van der Waals surface area contributed by atoms with E-state index in [0.29, 0.717) is 12.8 Å². The van der Waals surface area contributed by atoms with E-state index in [9.17, 15) is 4.79 Å². The summed E-state index contributed by atoms with van der Waals surface area (Å²) in [4.78, 5) is 12.1. The second kappa shape index (κ2) is 10.2. The Morgan fingerprint density at radius 1 is 0.900 bits per heavy atom. The number of carbonyl (C=O) groups is 1. The first kappa shape index (κ1) is 20.4. The number of hydrogen-bond acceptors (Lipinski definition) is 2. The average molecular weight is 369 g/mol. The molecule has 0 aromatic heterocycles. The fourth-order valence-electron chi connectivity index (χ4n) is 2.76. The number of carbonyl (C=O) groups excluding carboxylic acids is 1. The summed E-state index contributed by atoms with van der Waals surface area (Å²) in [5.41, 5.74) is 0. The molecule has 0 heterocycles. The molecule has 0 N–H and O–H groups in total. The van der Waals surface area contributed by atoms with Crippen molar-refractivity contribution in [2.75, 3.05) is 31.3 Å². The van der Waals surface area contributed by atoms with Crippen LogP contribution in [0.5, 0.6) is 0 Å².